The molecule has 174 valence electrons. The number of ether oxygens (including phenoxy) is 1. The minimum absolute atomic E-state index is 0.0516. The zero-order chi connectivity index (χ0) is 24.1. The number of hydrogen-bond acceptors (Lipinski definition) is 6. The number of aryl methyl sites for hydroxylation is 3. The van der Waals surface area contributed by atoms with Gasteiger partial charge in [-0.25, -0.2) is 4.79 Å². The molecule has 4 aromatic heterocycles. The van der Waals surface area contributed by atoms with Gasteiger partial charge in [0.2, 0.25) is 0 Å². The molecular weight excluding hydrogens is 432 g/mol. The Hall–Kier alpha value is -3.98. The number of nitrogens with zero attached hydrogens (tertiary/aromatic N) is 6. The largest absolute Gasteiger partial charge is 0.489 e. The topological polar surface area (TPSA) is 100.0 Å². The van der Waals surface area contributed by atoms with E-state index in [2.05, 4.69) is 15.1 Å². The Morgan fingerprint density at radius 1 is 1.09 bits per heavy atom. The van der Waals surface area contributed by atoms with Gasteiger partial charge in [0.1, 0.15) is 11.4 Å². The molecule has 0 spiro atoms. The van der Waals surface area contributed by atoms with Crippen molar-refractivity contribution in [3.05, 3.63) is 64.7 Å². The van der Waals surface area contributed by atoms with E-state index in [9.17, 15) is 9.90 Å². The zero-order valence-corrected chi connectivity index (χ0v) is 19.8. The second-order valence-electron chi connectivity index (χ2n) is 8.67. The fraction of sp³-hybridized carbons (Fsp3) is 0.280. The lowest BCUT2D eigenvalue weighted by Gasteiger charge is -2.14. The molecule has 0 atom stereocenters. The Kier molecular flexibility index (Phi) is 5.21. The first kappa shape index (κ1) is 21.8. The fourth-order valence-electron chi connectivity index (χ4n) is 4.31. The normalized spacial score (nSPS) is 11.7. The number of benzene rings is 1. The fourth-order valence-corrected chi connectivity index (χ4v) is 4.31. The number of hydrogen-bond donors (Lipinski definition) is 1. The summed E-state index contributed by atoms with van der Waals surface area (Å²) in [4.78, 5) is 22.3. The quantitative estimate of drug-likeness (QED) is 0.434. The van der Waals surface area contributed by atoms with Crippen molar-refractivity contribution in [1.29, 1.82) is 0 Å². The Balaban J connectivity index is 1.78. The van der Waals surface area contributed by atoms with Crippen LogP contribution in [0.5, 0.6) is 5.75 Å². The number of aromatic nitrogens is 6. The molecule has 4 heterocycles. The van der Waals surface area contributed by atoms with Crippen molar-refractivity contribution in [1.82, 2.24) is 28.9 Å². The van der Waals surface area contributed by atoms with E-state index < -0.39 is 0 Å². The third-order valence-electron chi connectivity index (χ3n) is 5.89. The van der Waals surface area contributed by atoms with Crippen molar-refractivity contribution in [2.45, 2.75) is 33.5 Å². The molecule has 0 unspecified atom stereocenters. The lowest BCUT2D eigenvalue weighted by Crippen LogP contribution is -2.21. The lowest BCUT2D eigenvalue weighted by atomic mass is 10.0. The first-order valence-electron chi connectivity index (χ1n) is 11.1. The van der Waals surface area contributed by atoms with E-state index in [1.165, 1.54) is 0 Å². The van der Waals surface area contributed by atoms with Crippen molar-refractivity contribution in [2.75, 3.05) is 0 Å². The average Bonchev–Trinajstić information content (AvgIpc) is 3.27. The van der Waals surface area contributed by atoms with Crippen LogP contribution in [-0.4, -0.2) is 40.1 Å². The van der Waals surface area contributed by atoms with Gasteiger partial charge >= 0.3 is 5.69 Å². The van der Waals surface area contributed by atoms with Crippen LogP contribution in [0, 0.1) is 6.92 Å². The first-order valence-corrected chi connectivity index (χ1v) is 11.1. The van der Waals surface area contributed by atoms with Crippen molar-refractivity contribution < 1.29 is 9.84 Å². The van der Waals surface area contributed by atoms with Gasteiger partial charge in [-0.3, -0.25) is 23.8 Å². The predicted octanol–water partition coefficient (Wildman–Crippen LogP) is 3.26. The summed E-state index contributed by atoms with van der Waals surface area (Å²) in [5.74, 6) is 0.550. The molecule has 0 saturated carbocycles. The molecule has 0 bridgehead atoms. The van der Waals surface area contributed by atoms with E-state index in [4.69, 9.17) is 4.74 Å². The van der Waals surface area contributed by atoms with E-state index in [1.54, 1.807) is 33.3 Å². The van der Waals surface area contributed by atoms with Crippen LogP contribution in [0.4, 0.5) is 0 Å². The van der Waals surface area contributed by atoms with Gasteiger partial charge in [0.15, 0.2) is 0 Å². The average molecular weight is 459 g/mol. The molecule has 1 N–H and O–H groups in total. The molecule has 0 aliphatic heterocycles. The Morgan fingerprint density at radius 2 is 1.88 bits per heavy atom. The third kappa shape index (κ3) is 3.45. The highest BCUT2D eigenvalue weighted by Gasteiger charge is 2.19. The van der Waals surface area contributed by atoms with Gasteiger partial charge in [-0.15, -0.1) is 0 Å². The van der Waals surface area contributed by atoms with E-state index in [0.29, 0.717) is 11.4 Å². The molecule has 0 radical (unpaired) electrons. The van der Waals surface area contributed by atoms with Gasteiger partial charge in [0.05, 0.1) is 46.8 Å². The van der Waals surface area contributed by atoms with E-state index in [0.717, 1.165) is 44.4 Å². The van der Waals surface area contributed by atoms with Gasteiger partial charge in [-0.2, -0.15) is 5.10 Å². The van der Waals surface area contributed by atoms with Crippen LogP contribution in [-0.2, 0) is 20.7 Å². The monoisotopic (exact) mass is 458 g/mol. The zero-order valence-electron chi connectivity index (χ0n) is 19.8. The molecule has 0 saturated heterocycles. The summed E-state index contributed by atoms with van der Waals surface area (Å²) in [5, 5.41) is 14.9. The Bertz CT molecular complexity index is 1610. The van der Waals surface area contributed by atoms with E-state index in [1.807, 2.05) is 58.3 Å². The summed E-state index contributed by atoms with van der Waals surface area (Å²) in [6.45, 7) is 5.55. The lowest BCUT2D eigenvalue weighted by molar-refractivity contribution is 0.222. The van der Waals surface area contributed by atoms with Crippen molar-refractivity contribution in [2.24, 2.45) is 14.1 Å². The van der Waals surface area contributed by atoms with Crippen LogP contribution in [0.25, 0.3) is 38.8 Å². The first-order chi connectivity index (χ1) is 16.3. The summed E-state index contributed by atoms with van der Waals surface area (Å²) in [5.41, 5.74) is 5.85. The van der Waals surface area contributed by atoms with Gasteiger partial charge < -0.3 is 9.84 Å². The molecule has 0 fully saturated rings. The number of rotatable bonds is 5. The van der Waals surface area contributed by atoms with Crippen LogP contribution in [0.15, 0.2) is 47.7 Å². The molecule has 34 heavy (non-hydrogen) atoms. The van der Waals surface area contributed by atoms with Crippen LogP contribution >= 0.6 is 0 Å². The van der Waals surface area contributed by atoms with Gasteiger partial charge in [0, 0.05) is 37.4 Å². The molecule has 0 aliphatic rings. The molecular formula is C25H26N6O3. The summed E-state index contributed by atoms with van der Waals surface area (Å²) < 4.78 is 10.9. The standard InChI is InChI=1S/C25H26N6O3/c1-14(2)34-23-9-17(10-26-20(23)13-32)16-6-7-19-18(8-16)24-21(11-27-19)30(5)25(33)31(24)22-12-29(4)28-15(22)3/h6-12,14,32H,13H2,1-5H3. The van der Waals surface area contributed by atoms with Gasteiger partial charge in [0.25, 0.3) is 0 Å². The van der Waals surface area contributed by atoms with Crippen LogP contribution in [0.1, 0.15) is 25.2 Å². The second kappa shape index (κ2) is 8.11. The molecule has 9 nitrogen and oxygen atoms in total. The molecule has 9 heteroatoms. The SMILES string of the molecule is Cc1nn(C)cc1-n1c(=O)n(C)c2cnc3ccc(-c4cnc(CO)c(OC(C)C)c4)cc3c21. The number of fused-ring (bicyclic) bond motifs is 3. The maximum absolute atomic E-state index is 13.3. The maximum Gasteiger partial charge on any atom is 0.333 e. The molecule has 1 aromatic carbocycles. The van der Waals surface area contributed by atoms with Crippen LogP contribution < -0.4 is 10.4 Å². The third-order valence-corrected chi connectivity index (χ3v) is 5.89. The highest BCUT2D eigenvalue weighted by atomic mass is 16.5. The number of aliphatic hydroxyl groups is 1. The van der Waals surface area contributed by atoms with Crippen LogP contribution in [0.3, 0.4) is 0 Å². The highest BCUT2D eigenvalue weighted by Crippen LogP contribution is 2.32. The van der Waals surface area contributed by atoms with Gasteiger partial charge in [-0.05, 0) is 44.5 Å². The summed E-state index contributed by atoms with van der Waals surface area (Å²) in [6.07, 6.45) is 5.24. The molecule has 5 aromatic rings. The minimum atomic E-state index is -0.203. The Labute approximate surface area is 195 Å². The summed E-state index contributed by atoms with van der Waals surface area (Å²) in [6, 6.07) is 7.80. The maximum atomic E-state index is 13.3. The Morgan fingerprint density at radius 3 is 2.56 bits per heavy atom. The van der Waals surface area contributed by atoms with Crippen molar-refractivity contribution in [3.63, 3.8) is 0 Å². The minimum Gasteiger partial charge on any atom is -0.489 e. The summed E-state index contributed by atoms with van der Waals surface area (Å²) in [7, 11) is 3.58. The van der Waals surface area contributed by atoms with Crippen molar-refractivity contribution in [3.8, 4) is 22.6 Å². The summed E-state index contributed by atoms with van der Waals surface area (Å²) >= 11 is 0. The second-order valence-corrected chi connectivity index (χ2v) is 8.67. The van der Waals surface area contributed by atoms with Crippen LogP contribution in [0.2, 0.25) is 0 Å². The number of pyridine rings is 2. The van der Waals surface area contributed by atoms with E-state index in [-0.39, 0.29) is 18.4 Å². The highest BCUT2D eigenvalue weighted by molar-refractivity contribution is 6.04. The molecule has 0 amide bonds. The van der Waals surface area contributed by atoms with E-state index >= 15 is 0 Å². The number of imidazole rings is 1. The van der Waals surface area contributed by atoms with Gasteiger partial charge in [-0.1, -0.05) is 6.07 Å². The molecule has 0 aliphatic carbocycles. The smallest absolute Gasteiger partial charge is 0.333 e. The number of aliphatic hydroxyl groups excluding tert-OH is 1. The predicted molar refractivity (Wildman–Crippen MR) is 130 cm³/mol. The van der Waals surface area contributed by atoms with Crippen molar-refractivity contribution >= 4 is 21.9 Å². The molecule has 5 rings (SSSR count).